The number of carboxylic acids is 1. The Labute approximate surface area is 124 Å². The van der Waals surface area contributed by atoms with Crippen LogP contribution in [0.1, 0.15) is 39.5 Å². The minimum Gasteiger partial charge on any atom is -0.481 e. The Morgan fingerprint density at radius 1 is 1.43 bits per heavy atom. The molecule has 21 heavy (non-hydrogen) atoms. The van der Waals surface area contributed by atoms with Crippen LogP contribution in [0.4, 0.5) is 0 Å². The number of rotatable bonds is 2. The number of carboxylic acid groups (broad SMARTS) is 1. The fraction of sp³-hybridized carbons (Fsp3) is 0.750. The summed E-state index contributed by atoms with van der Waals surface area (Å²) in [4.78, 5) is 23.6. The summed E-state index contributed by atoms with van der Waals surface area (Å²) in [6.45, 7) is 3.61. The molecule has 1 heterocycles. The molecular weight excluding hydrogens is 272 g/mol. The predicted octanol–water partition coefficient (Wildman–Crippen LogP) is 1.75. The van der Waals surface area contributed by atoms with Crippen molar-refractivity contribution in [2.75, 3.05) is 6.61 Å². The van der Waals surface area contributed by atoms with Crippen LogP contribution in [0.2, 0.25) is 0 Å². The van der Waals surface area contributed by atoms with Crippen molar-refractivity contribution in [2.24, 2.45) is 22.7 Å². The Hall–Kier alpha value is -1.36. The third kappa shape index (κ3) is 1.73. The van der Waals surface area contributed by atoms with Crippen LogP contribution in [0, 0.1) is 22.7 Å². The van der Waals surface area contributed by atoms with Gasteiger partial charge in [-0.05, 0) is 37.2 Å². The zero-order valence-electron chi connectivity index (χ0n) is 12.5. The molecule has 3 aliphatic rings. The number of hydrogen-bond acceptors (Lipinski definition) is 4. The molecule has 0 amide bonds. The molecule has 1 aliphatic heterocycles. The van der Waals surface area contributed by atoms with Gasteiger partial charge >= 0.3 is 11.9 Å². The largest absolute Gasteiger partial charge is 0.481 e. The van der Waals surface area contributed by atoms with Gasteiger partial charge in [0.15, 0.2) is 5.60 Å². The number of carbonyl (C=O) groups is 2. The maximum Gasteiger partial charge on any atom is 0.309 e. The van der Waals surface area contributed by atoms with Gasteiger partial charge in [0.1, 0.15) is 0 Å². The molecule has 2 aliphatic carbocycles. The molecule has 0 radical (unpaired) electrons. The fourth-order valence-electron chi connectivity index (χ4n) is 5.00. The SMILES string of the molecule is C[C@@]12CCC[C@@](C)(C(=O)O)[C@H]1C=C[C@@]1(CO)OC(=O)C[C@@H]21. The Morgan fingerprint density at radius 3 is 2.76 bits per heavy atom. The number of aliphatic hydroxyl groups excluding tert-OH is 1. The van der Waals surface area contributed by atoms with Gasteiger partial charge in [-0.1, -0.05) is 19.4 Å². The molecule has 0 spiro atoms. The van der Waals surface area contributed by atoms with Crippen molar-refractivity contribution in [2.45, 2.75) is 45.1 Å². The van der Waals surface area contributed by atoms with Gasteiger partial charge in [0.25, 0.3) is 0 Å². The van der Waals surface area contributed by atoms with E-state index >= 15 is 0 Å². The number of ether oxygens (including phenoxy) is 1. The molecule has 5 heteroatoms. The molecule has 2 N–H and O–H groups in total. The Kier molecular flexibility index (Phi) is 3.00. The second kappa shape index (κ2) is 4.32. The van der Waals surface area contributed by atoms with Crippen LogP contribution in [0.25, 0.3) is 0 Å². The highest BCUT2D eigenvalue weighted by atomic mass is 16.6. The van der Waals surface area contributed by atoms with E-state index < -0.39 is 17.0 Å². The first kappa shape index (κ1) is 14.6. The van der Waals surface area contributed by atoms with Gasteiger partial charge in [0, 0.05) is 5.92 Å². The number of hydrogen-bond donors (Lipinski definition) is 2. The summed E-state index contributed by atoms with van der Waals surface area (Å²) >= 11 is 0. The van der Waals surface area contributed by atoms with Crippen LogP contribution >= 0.6 is 0 Å². The zero-order valence-corrected chi connectivity index (χ0v) is 12.5. The minimum absolute atomic E-state index is 0.143. The monoisotopic (exact) mass is 294 g/mol. The van der Waals surface area contributed by atoms with Crippen LogP contribution in [-0.2, 0) is 14.3 Å². The first-order valence-corrected chi connectivity index (χ1v) is 7.54. The quantitative estimate of drug-likeness (QED) is 0.599. The highest BCUT2D eigenvalue weighted by molar-refractivity contribution is 5.77. The molecule has 0 aromatic carbocycles. The van der Waals surface area contributed by atoms with Crippen molar-refractivity contribution in [3.63, 3.8) is 0 Å². The summed E-state index contributed by atoms with van der Waals surface area (Å²) in [5, 5.41) is 19.5. The van der Waals surface area contributed by atoms with Crippen LogP contribution in [0.15, 0.2) is 12.2 Å². The second-order valence-electron chi connectivity index (χ2n) is 7.26. The van der Waals surface area contributed by atoms with Crippen LogP contribution in [-0.4, -0.2) is 34.4 Å². The topological polar surface area (TPSA) is 83.8 Å². The van der Waals surface area contributed by atoms with Crippen molar-refractivity contribution < 1.29 is 24.5 Å². The maximum absolute atomic E-state index is 11.8. The lowest BCUT2D eigenvalue weighted by atomic mass is 9.47. The second-order valence-corrected chi connectivity index (χ2v) is 7.26. The molecule has 5 atom stereocenters. The third-order valence-corrected chi connectivity index (χ3v) is 6.18. The van der Waals surface area contributed by atoms with Crippen molar-refractivity contribution >= 4 is 11.9 Å². The first-order chi connectivity index (χ1) is 9.78. The van der Waals surface area contributed by atoms with Crippen LogP contribution < -0.4 is 0 Å². The molecule has 0 aromatic heterocycles. The summed E-state index contributed by atoms with van der Waals surface area (Å²) in [6, 6.07) is 0. The third-order valence-electron chi connectivity index (χ3n) is 6.18. The van der Waals surface area contributed by atoms with E-state index in [4.69, 9.17) is 4.74 Å². The van der Waals surface area contributed by atoms with Gasteiger partial charge in [0.2, 0.25) is 0 Å². The average Bonchev–Trinajstić information content (AvgIpc) is 2.77. The molecule has 116 valence electrons. The van der Waals surface area contributed by atoms with Crippen LogP contribution in [0.5, 0.6) is 0 Å². The minimum atomic E-state index is -0.959. The summed E-state index contributed by atoms with van der Waals surface area (Å²) < 4.78 is 5.42. The van der Waals surface area contributed by atoms with E-state index in [1.165, 1.54) is 0 Å². The van der Waals surface area contributed by atoms with E-state index in [0.717, 1.165) is 12.8 Å². The van der Waals surface area contributed by atoms with Gasteiger partial charge in [-0.3, -0.25) is 9.59 Å². The van der Waals surface area contributed by atoms with E-state index in [2.05, 4.69) is 6.92 Å². The fourth-order valence-corrected chi connectivity index (χ4v) is 5.00. The Bertz CT molecular complexity index is 527. The molecule has 1 saturated carbocycles. The molecular formula is C16H22O5. The predicted molar refractivity (Wildman–Crippen MR) is 74.3 cm³/mol. The normalized spacial score (nSPS) is 48.4. The van der Waals surface area contributed by atoms with E-state index in [9.17, 15) is 19.8 Å². The molecule has 1 saturated heterocycles. The van der Waals surface area contributed by atoms with E-state index in [1.807, 2.05) is 6.08 Å². The van der Waals surface area contributed by atoms with Gasteiger partial charge in [-0.2, -0.15) is 0 Å². The van der Waals surface area contributed by atoms with E-state index in [0.29, 0.717) is 6.42 Å². The molecule has 2 fully saturated rings. The van der Waals surface area contributed by atoms with Gasteiger partial charge in [-0.15, -0.1) is 0 Å². The van der Waals surface area contributed by atoms with Crippen LogP contribution in [0.3, 0.4) is 0 Å². The number of esters is 1. The number of carbonyl (C=O) groups excluding carboxylic acids is 1. The molecule has 0 unspecified atom stereocenters. The average molecular weight is 294 g/mol. The van der Waals surface area contributed by atoms with E-state index in [1.54, 1.807) is 13.0 Å². The maximum atomic E-state index is 11.8. The summed E-state index contributed by atoms with van der Waals surface area (Å²) in [5.41, 5.74) is -2.12. The van der Waals surface area contributed by atoms with Crippen molar-refractivity contribution in [3.05, 3.63) is 12.2 Å². The molecule has 0 bridgehead atoms. The van der Waals surface area contributed by atoms with Gasteiger partial charge < -0.3 is 14.9 Å². The van der Waals surface area contributed by atoms with Gasteiger partial charge in [0.05, 0.1) is 18.4 Å². The van der Waals surface area contributed by atoms with Crippen molar-refractivity contribution in [3.8, 4) is 0 Å². The van der Waals surface area contributed by atoms with Gasteiger partial charge in [-0.25, -0.2) is 0 Å². The van der Waals surface area contributed by atoms with Crippen molar-refractivity contribution in [1.29, 1.82) is 0 Å². The number of aliphatic hydroxyl groups is 1. The Balaban J connectivity index is 2.11. The summed E-state index contributed by atoms with van der Waals surface area (Å²) in [6.07, 6.45) is 6.18. The number of aliphatic carboxylic acids is 1. The van der Waals surface area contributed by atoms with E-state index in [-0.39, 0.29) is 36.2 Å². The highest BCUT2D eigenvalue weighted by Gasteiger charge is 2.64. The zero-order chi connectivity index (χ0) is 15.5. The molecule has 3 rings (SSSR count). The highest BCUT2D eigenvalue weighted by Crippen LogP contribution is 2.62. The lowest BCUT2D eigenvalue weighted by Crippen LogP contribution is -2.57. The lowest BCUT2D eigenvalue weighted by Gasteiger charge is -2.56. The number of fused-ring (bicyclic) bond motifs is 3. The molecule has 5 nitrogen and oxygen atoms in total. The standard InChI is InChI=1S/C16H22O5/c1-14-5-3-6-15(2,13(19)20)10(14)4-7-16(9-17)11(14)8-12(18)21-16/h4,7,10-11,17H,3,5-6,8-9H2,1-2H3,(H,19,20)/t10-,11-,14+,15+,16-/m0/s1. The molecule has 0 aromatic rings. The van der Waals surface area contributed by atoms with Crippen molar-refractivity contribution in [1.82, 2.24) is 0 Å². The smallest absolute Gasteiger partial charge is 0.309 e. The Morgan fingerprint density at radius 2 is 2.14 bits per heavy atom. The summed E-state index contributed by atoms with van der Waals surface area (Å²) in [5.74, 6) is -1.39. The lowest BCUT2D eigenvalue weighted by molar-refractivity contribution is -0.167. The summed E-state index contributed by atoms with van der Waals surface area (Å²) in [7, 11) is 0. The first-order valence-electron chi connectivity index (χ1n) is 7.54. The number of allylic oxidation sites excluding steroid dienone is 1.